The summed E-state index contributed by atoms with van der Waals surface area (Å²) < 4.78 is 5.65. The molecule has 2 aromatic rings. The molecule has 0 aliphatic rings. The van der Waals surface area contributed by atoms with Crippen LogP contribution in [0.15, 0.2) is 48.5 Å². The van der Waals surface area contributed by atoms with Gasteiger partial charge in [0.15, 0.2) is 0 Å². The van der Waals surface area contributed by atoms with Gasteiger partial charge in [-0.1, -0.05) is 24.3 Å². The van der Waals surface area contributed by atoms with Crippen molar-refractivity contribution in [2.45, 2.75) is 6.61 Å². The van der Waals surface area contributed by atoms with Gasteiger partial charge in [0.25, 0.3) is 11.8 Å². The summed E-state index contributed by atoms with van der Waals surface area (Å²) in [5, 5.41) is 0. The first-order chi connectivity index (χ1) is 10.5. The first kappa shape index (κ1) is 15.6. The topological polar surface area (TPSA) is 72.6 Å². The van der Waals surface area contributed by atoms with E-state index >= 15 is 0 Å². The Morgan fingerprint density at radius 3 is 2.50 bits per heavy atom. The average Bonchev–Trinajstić information content (AvgIpc) is 2.52. The number of hydrogen-bond acceptors (Lipinski definition) is 3. The van der Waals surface area contributed by atoms with Gasteiger partial charge in [0, 0.05) is 19.7 Å². The second-order valence-electron chi connectivity index (χ2n) is 5.05. The average molecular weight is 298 g/mol. The predicted octanol–water partition coefficient (Wildman–Crippen LogP) is 2.07. The summed E-state index contributed by atoms with van der Waals surface area (Å²) in [4.78, 5) is 24.8. The molecule has 2 N–H and O–H groups in total. The smallest absolute Gasteiger partial charge is 0.253 e. The van der Waals surface area contributed by atoms with Crippen molar-refractivity contribution in [3.63, 3.8) is 0 Å². The van der Waals surface area contributed by atoms with Gasteiger partial charge in [0.2, 0.25) is 0 Å². The monoisotopic (exact) mass is 298 g/mol. The number of hydrogen-bond donors (Lipinski definition) is 1. The van der Waals surface area contributed by atoms with Gasteiger partial charge in [0.1, 0.15) is 12.4 Å². The highest BCUT2D eigenvalue weighted by atomic mass is 16.5. The molecule has 0 spiro atoms. The van der Waals surface area contributed by atoms with Crippen molar-refractivity contribution >= 4 is 11.8 Å². The maximum Gasteiger partial charge on any atom is 0.253 e. The van der Waals surface area contributed by atoms with Crippen molar-refractivity contribution < 1.29 is 14.3 Å². The molecule has 5 nitrogen and oxygen atoms in total. The molecule has 0 aromatic heterocycles. The Kier molecular flexibility index (Phi) is 4.78. The molecule has 114 valence electrons. The summed E-state index contributed by atoms with van der Waals surface area (Å²) in [7, 11) is 3.41. The summed E-state index contributed by atoms with van der Waals surface area (Å²) in [6.07, 6.45) is 0. The highest BCUT2D eigenvalue weighted by Gasteiger charge is 2.10. The third-order valence-corrected chi connectivity index (χ3v) is 3.13. The molecule has 0 bridgehead atoms. The Labute approximate surface area is 129 Å². The van der Waals surface area contributed by atoms with E-state index in [0.717, 1.165) is 5.56 Å². The molecular weight excluding hydrogens is 280 g/mol. The molecular formula is C17H18N2O3. The molecule has 2 rings (SSSR count). The summed E-state index contributed by atoms with van der Waals surface area (Å²) in [6.45, 7) is 0.249. The fourth-order valence-electron chi connectivity index (χ4n) is 2.01. The van der Waals surface area contributed by atoms with Gasteiger partial charge in [-0.25, -0.2) is 0 Å². The Bertz CT molecular complexity index is 696. The summed E-state index contributed by atoms with van der Waals surface area (Å²) in [5.74, 6) is -0.175. The molecule has 0 aliphatic heterocycles. The maximum atomic E-state index is 11.9. The highest BCUT2D eigenvalue weighted by Crippen LogP contribution is 2.19. The van der Waals surface area contributed by atoms with Crippen LogP contribution in [-0.4, -0.2) is 30.8 Å². The van der Waals surface area contributed by atoms with E-state index in [9.17, 15) is 9.59 Å². The Balaban J connectivity index is 2.14. The van der Waals surface area contributed by atoms with E-state index in [0.29, 0.717) is 16.9 Å². The predicted molar refractivity (Wildman–Crippen MR) is 83.8 cm³/mol. The van der Waals surface area contributed by atoms with Gasteiger partial charge in [-0.2, -0.15) is 0 Å². The number of nitrogens with two attached hydrogens (primary N) is 1. The van der Waals surface area contributed by atoms with Crippen LogP contribution in [0.5, 0.6) is 5.75 Å². The van der Waals surface area contributed by atoms with E-state index < -0.39 is 5.91 Å². The van der Waals surface area contributed by atoms with Gasteiger partial charge in [-0.3, -0.25) is 9.59 Å². The third kappa shape index (κ3) is 3.63. The zero-order valence-corrected chi connectivity index (χ0v) is 12.6. The third-order valence-electron chi connectivity index (χ3n) is 3.13. The van der Waals surface area contributed by atoms with E-state index in [-0.39, 0.29) is 12.5 Å². The number of amides is 2. The maximum absolute atomic E-state index is 11.9. The van der Waals surface area contributed by atoms with Crippen LogP contribution in [0.2, 0.25) is 0 Å². The quantitative estimate of drug-likeness (QED) is 0.918. The van der Waals surface area contributed by atoms with Crippen molar-refractivity contribution in [1.82, 2.24) is 4.90 Å². The molecule has 0 unspecified atom stereocenters. The summed E-state index contributed by atoms with van der Waals surface area (Å²) >= 11 is 0. The number of para-hydroxylation sites is 1. The number of primary amides is 1. The van der Waals surface area contributed by atoms with Crippen LogP contribution in [-0.2, 0) is 6.61 Å². The number of benzene rings is 2. The van der Waals surface area contributed by atoms with Crippen LogP contribution in [0.1, 0.15) is 26.3 Å². The fourth-order valence-corrected chi connectivity index (χ4v) is 2.01. The van der Waals surface area contributed by atoms with Crippen LogP contribution < -0.4 is 10.5 Å². The zero-order chi connectivity index (χ0) is 16.1. The van der Waals surface area contributed by atoms with E-state index in [4.69, 9.17) is 10.5 Å². The molecule has 0 fully saturated rings. The van der Waals surface area contributed by atoms with E-state index in [1.54, 1.807) is 56.6 Å². The van der Waals surface area contributed by atoms with Gasteiger partial charge < -0.3 is 15.4 Å². The van der Waals surface area contributed by atoms with Crippen LogP contribution >= 0.6 is 0 Å². The molecule has 0 saturated heterocycles. The van der Waals surface area contributed by atoms with Crippen LogP contribution in [0.3, 0.4) is 0 Å². The van der Waals surface area contributed by atoms with Gasteiger partial charge >= 0.3 is 0 Å². The Morgan fingerprint density at radius 2 is 1.82 bits per heavy atom. The molecule has 2 amide bonds. The lowest BCUT2D eigenvalue weighted by Gasteiger charge is -2.12. The Hall–Kier alpha value is -2.82. The lowest BCUT2D eigenvalue weighted by Crippen LogP contribution is -2.21. The van der Waals surface area contributed by atoms with E-state index in [1.165, 1.54) is 4.90 Å². The van der Waals surface area contributed by atoms with Crippen molar-refractivity contribution in [3.8, 4) is 5.75 Å². The molecule has 0 heterocycles. The molecule has 5 heteroatoms. The lowest BCUT2D eigenvalue weighted by atomic mass is 10.1. The second kappa shape index (κ2) is 6.76. The first-order valence-electron chi connectivity index (χ1n) is 6.81. The number of carbonyl (C=O) groups is 2. The minimum atomic E-state index is -0.535. The standard InChI is InChI=1S/C17H18N2O3/c1-19(2)17(21)13-7-5-6-12(10-13)11-22-15-9-4-3-8-14(15)16(18)20/h3-10H,11H2,1-2H3,(H2,18,20). The number of ether oxygens (including phenoxy) is 1. The van der Waals surface area contributed by atoms with Gasteiger partial charge in [-0.05, 0) is 29.8 Å². The van der Waals surface area contributed by atoms with E-state index in [1.807, 2.05) is 6.07 Å². The molecule has 0 saturated carbocycles. The zero-order valence-electron chi connectivity index (χ0n) is 12.6. The first-order valence-corrected chi connectivity index (χ1v) is 6.81. The van der Waals surface area contributed by atoms with Crippen LogP contribution in [0, 0.1) is 0 Å². The minimum absolute atomic E-state index is 0.0700. The van der Waals surface area contributed by atoms with E-state index in [2.05, 4.69) is 0 Å². The highest BCUT2D eigenvalue weighted by molar-refractivity contribution is 5.95. The minimum Gasteiger partial charge on any atom is -0.488 e. The molecule has 22 heavy (non-hydrogen) atoms. The van der Waals surface area contributed by atoms with Gasteiger partial charge in [-0.15, -0.1) is 0 Å². The lowest BCUT2D eigenvalue weighted by molar-refractivity contribution is 0.0827. The molecule has 2 aromatic carbocycles. The summed E-state index contributed by atoms with van der Waals surface area (Å²) in [6, 6.07) is 14.0. The summed E-state index contributed by atoms with van der Waals surface area (Å²) in [5.41, 5.74) is 7.08. The number of rotatable bonds is 5. The largest absolute Gasteiger partial charge is 0.488 e. The fraction of sp³-hybridized carbons (Fsp3) is 0.176. The normalized spacial score (nSPS) is 10.1. The molecule has 0 atom stereocenters. The van der Waals surface area contributed by atoms with Crippen molar-refractivity contribution in [2.24, 2.45) is 5.73 Å². The van der Waals surface area contributed by atoms with Crippen molar-refractivity contribution in [1.29, 1.82) is 0 Å². The Morgan fingerprint density at radius 1 is 1.09 bits per heavy atom. The van der Waals surface area contributed by atoms with Crippen molar-refractivity contribution in [3.05, 3.63) is 65.2 Å². The van der Waals surface area contributed by atoms with Gasteiger partial charge in [0.05, 0.1) is 5.56 Å². The molecule has 0 aliphatic carbocycles. The number of nitrogens with zero attached hydrogens (tertiary/aromatic N) is 1. The van der Waals surface area contributed by atoms with Crippen molar-refractivity contribution in [2.75, 3.05) is 14.1 Å². The van der Waals surface area contributed by atoms with Crippen LogP contribution in [0.25, 0.3) is 0 Å². The van der Waals surface area contributed by atoms with Crippen LogP contribution in [0.4, 0.5) is 0 Å². The molecule has 0 radical (unpaired) electrons. The SMILES string of the molecule is CN(C)C(=O)c1cccc(COc2ccccc2C(N)=O)c1. The second-order valence-corrected chi connectivity index (χ2v) is 5.05. The number of carbonyl (C=O) groups excluding carboxylic acids is 2.